The first-order chi connectivity index (χ1) is 23.0. The fraction of sp³-hybridized carbons (Fsp3) is 0.368. The summed E-state index contributed by atoms with van der Waals surface area (Å²) in [5.41, 5.74) is -1.20. The second-order valence-corrected chi connectivity index (χ2v) is 13.8. The third kappa shape index (κ3) is 6.50. The maximum Gasteiger partial charge on any atom is 0.336 e. The van der Waals surface area contributed by atoms with Crippen LogP contribution in [0.25, 0.3) is 21.9 Å². The predicted octanol–water partition coefficient (Wildman–Crippen LogP) is 6.80. The third-order valence-corrected chi connectivity index (χ3v) is 8.40. The molecule has 11 nitrogen and oxygen atoms in total. The number of benzene rings is 2. The molecule has 4 aromatic rings. The van der Waals surface area contributed by atoms with Crippen LogP contribution in [-0.4, -0.2) is 35.3 Å². The molecule has 0 radical (unpaired) electrons. The summed E-state index contributed by atoms with van der Waals surface area (Å²) in [6.45, 7) is 14.1. The number of carbonyl (C=O) groups excluding carboxylic acids is 2. The van der Waals surface area contributed by atoms with Gasteiger partial charge in [-0.1, -0.05) is 11.1 Å². The smallest absolute Gasteiger partial charge is 0.336 e. The number of allylic oxidation sites excluding steroid dienone is 2. The zero-order valence-electron chi connectivity index (χ0n) is 28.6. The standard InChI is InChI=1S/C38H38O11/c1-19(2)17-27(41)45-33-29-23(13-9-21-11-15-25(39)43-31(21)29)49-38(7,8)36(33)47-34-30-24(14-10-22-12-16-26(40)44-32(22)30)48-37(5,6)35(34)46-28(42)18-20(3)4/h9-18,33-36H,1-8H3. The first kappa shape index (κ1) is 33.7. The molecular weight excluding hydrogens is 632 g/mol. The monoisotopic (exact) mass is 670 g/mol. The van der Waals surface area contributed by atoms with Crippen molar-refractivity contribution in [1.29, 1.82) is 0 Å². The Morgan fingerprint density at radius 1 is 0.612 bits per heavy atom. The van der Waals surface area contributed by atoms with E-state index >= 15 is 0 Å². The first-order valence-corrected chi connectivity index (χ1v) is 15.9. The molecular formula is C38H38O11. The van der Waals surface area contributed by atoms with Crippen LogP contribution >= 0.6 is 0 Å². The van der Waals surface area contributed by atoms with Crippen LogP contribution in [0.2, 0.25) is 0 Å². The molecule has 0 aliphatic carbocycles. The van der Waals surface area contributed by atoms with Crippen molar-refractivity contribution in [3.63, 3.8) is 0 Å². The minimum absolute atomic E-state index is 0.166. The summed E-state index contributed by atoms with van der Waals surface area (Å²) in [6, 6.07) is 12.8. The van der Waals surface area contributed by atoms with Crippen molar-refractivity contribution in [3.05, 3.63) is 104 Å². The maximum atomic E-state index is 13.4. The number of esters is 2. The molecule has 0 spiro atoms. The molecule has 2 aromatic carbocycles. The largest absolute Gasteiger partial charge is 0.484 e. The molecule has 256 valence electrons. The molecule has 4 heterocycles. The van der Waals surface area contributed by atoms with Crippen molar-refractivity contribution in [1.82, 2.24) is 0 Å². The molecule has 0 fully saturated rings. The van der Waals surface area contributed by atoms with E-state index in [2.05, 4.69) is 0 Å². The van der Waals surface area contributed by atoms with Crippen LogP contribution in [-0.2, 0) is 23.8 Å². The van der Waals surface area contributed by atoms with Crippen LogP contribution in [0.1, 0.15) is 78.7 Å². The molecule has 11 heteroatoms. The zero-order valence-corrected chi connectivity index (χ0v) is 28.6. The van der Waals surface area contributed by atoms with E-state index in [4.69, 9.17) is 32.5 Å². The molecule has 4 unspecified atom stereocenters. The number of rotatable bonds is 6. The van der Waals surface area contributed by atoms with Gasteiger partial charge in [-0.3, -0.25) is 0 Å². The van der Waals surface area contributed by atoms with Crippen molar-refractivity contribution in [3.8, 4) is 11.5 Å². The highest BCUT2D eigenvalue weighted by Gasteiger charge is 2.55. The fourth-order valence-corrected chi connectivity index (χ4v) is 6.35. The molecule has 0 amide bonds. The van der Waals surface area contributed by atoms with E-state index in [1.54, 1.807) is 91.8 Å². The molecule has 4 atom stereocenters. The zero-order chi connectivity index (χ0) is 35.4. The molecule has 2 aliphatic heterocycles. The lowest BCUT2D eigenvalue weighted by Gasteiger charge is -2.48. The van der Waals surface area contributed by atoms with Gasteiger partial charge in [0.1, 0.15) is 46.1 Å². The molecule has 0 bridgehead atoms. The summed E-state index contributed by atoms with van der Waals surface area (Å²) >= 11 is 0. The Hall–Kier alpha value is -5.16. The van der Waals surface area contributed by atoms with E-state index in [1.165, 1.54) is 24.3 Å². The van der Waals surface area contributed by atoms with E-state index in [-0.39, 0.29) is 11.2 Å². The van der Waals surface area contributed by atoms with Crippen molar-refractivity contribution in [2.24, 2.45) is 0 Å². The van der Waals surface area contributed by atoms with Crippen molar-refractivity contribution < 1.29 is 42.1 Å². The molecule has 2 aromatic heterocycles. The van der Waals surface area contributed by atoms with E-state index in [0.29, 0.717) is 44.5 Å². The van der Waals surface area contributed by atoms with Gasteiger partial charge in [-0.2, -0.15) is 0 Å². The second kappa shape index (κ2) is 12.4. The van der Waals surface area contributed by atoms with Crippen LogP contribution in [0.15, 0.2) is 90.3 Å². The van der Waals surface area contributed by atoms with Crippen molar-refractivity contribution in [2.45, 2.75) is 91.0 Å². The Balaban J connectivity index is 1.59. The van der Waals surface area contributed by atoms with Gasteiger partial charge < -0.3 is 32.5 Å². The van der Waals surface area contributed by atoms with Crippen LogP contribution in [0.5, 0.6) is 11.5 Å². The lowest BCUT2D eigenvalue weighted by atomic mass is 9.84. The van der Waals surface area contributed by atoms with Gasteiger partial charge in [0.15, 0.2) is 12.2 Å². The lowest BCUT2D eigenvalue weighted by molar-refractivity contribution is -0.226. The van der Waals surface area contributed by atoms with Gasteiger partial charge in [0.05, 0.1) is 11.1 Å². The van der Waals surface area contributed by atoms with Gasteiger partial charge in [0.25, 0.3) is 0 Å². The van der Waals surface area contributed by atoms with E-state index in [1.807, 2.05) is 0 Å². The summed E-state index contributed by atoms with van der Waals surface area (Å²) in [6.07, 6.45) is -1.87. The Morgan fingerprint density at radius 3 is 1.53 bits per heavy atom. The van der Waals surface area contributed by atoms with Gasteiger partial charge in [-0.25, -0.2) is 19.2 Å². The third-order valence-electron chi connectivity index (χ3n) is 8.40. The Bertz CT molecular complexity index is 2160. The molecule has 0 saturated heterocycles. The van der Waals surface area contributed by atoms with Gasteiger partial charge in [0.2, 0.25) is 0 Å². The topological polar surface area (TPSA) is 141 Å². The molecule has 6 rings (SSSR count). The summed E-state index contributed by atoms with van der Waals surface area (Å²) < 4.78 is 43.7. The molecule has 2 aliphatic rings. The van der Waals surface area contributed by atoms with Crippen molar-refractivity contribution >= 4 is 33.9 Å². The predicted molar refractivity (Wildman–Crippen MR) is 180 cm³/mol. The van der Waals surface area contributed by atoms with Crippen LogP contribution in [0.4, 0.5) is 0 Å². The van der Waals surface area contributed by atoms with Crippen LogP contribution < -0.4 is 20.7 Å². The molecule has 49 heavy (non-hydrogen) atoms. The lowest BCUT2D eigenvalue weighted by Crippen LogP contribution is -2.56. The number of ether oxygens (including phenoxy) is 5. The maximum absolute atomic E-state index is 13.4. The van der Waals surface area contributed by atoms with Gasteiger partial charge >= 0.3 is 23.2 Å². The molecule has 0 N–H and O–H groups in total. The highest BCUT2D eigenvalue weighted by Crippen LogP contribution is 2.52. The minimum Gasteiger partial charge on any atom is -0.484 e. The Kier molecular flexibility index (Phi) is 8.52. The normalized spacial score (nSPS) is 21.7. The first-order valence-electron chi connectivity index (χ1n) is 15.9. The number of hydrogen-bond acceptors (Lipinski definition) is 11. The fourth-order valence-electron chi connectivity index (χ4n) is 6.35. The highest BCUT2D eigenvalue weighted by molar-refractivity contribution is 5.86. The molecule has 0 saturated carbocycles. The van der Waals surface area contributed by atoms with Gasteiger partial charge in [-0.15, -0.1) is 0 Å². The average Bonchev–Trinajstić information content (AvgIpc) is 2.98. The van der Waals surface area contributed by atoms with Gasteiger partial charge in [0, 0.05) is 35.1 Å². The Labute approximate surface area is 282 Å². The number of fused-ring (bicyclic) bond motifs is 6. The Morgan fingerprint density at radius 2 is 1.04 bits per heavy atom. The van der Waals surface area contributed by atoms with Crippen LogP contribution in [0.3, 0.4) is 0 Å². The van der Waals surface area contributed by atoms with E-state index < -0.39 is 58.8 Å². The van der Waals surface area contributed by atoms with E-state index in [9.17, 15) is 19.2 Å². The second-order valence-electron chi connectivity index (χ2n) is 13.8. The summed E-state index contributed by atoms with van der Waals surface area (Å²) in [5.74, 6) is -0.620. The summed E-state index contributed by atoms with van der Waals surface area (Å²) in [5, 5.41) is 1.15. The number of hydrogen-bond donors (Lipinski definition) is 0. The summed E-state index contributed by atoms with van der Waals surface area (Å²) in [7, 11) is 0. The number of carbonyl (C=O) groups is 2. The highest BCUT2D eigenvalue weighted by atomic mass is 16.6. The van der Waals surface area contributed by atoms with E-state index in [0.717, 1.165) is 0 Å². The van der Waals surface area contributed by atoms with Crippen LogP contribution in [0, 0.1) is 0 Å². The van der Waals surface area contributed by atoms with Crippen molar-refractivity contribution in [2.75, 3.05) is 0 Å². The quantitative estimate of drug-likeness (QED) is 0.122. The summed E-state index contributed by atoms with van der Waals surface area (Å²) in [4.78, 5) is 51.7. The average molecular weight is 671 g/mol. The van der Waals surface area contributed by atoms with Gasteiger partial charge in [-0.05, 0) is 91.8 Å². The minimum atomic E-state index is -1.20. The SMILES string of the molecule is CC(C)=CC(=O)OC1c2c(ccc3ccc(=O)oc23)OC(C)(C)C1OC1c2c(ccc3ccc(=O)oc23)OC(C)(C)C1OC(=O)C=C(C)C.